The normalized spacial score (nSPS) is 23.4. The molecule has 5 nitrogen and oxygen atoms in total. The van der Waals surface area contributed by atoms with Crippen molar-refractivity contribution in [3.8, 4) is 0 Å². The van der Waals surface area contributed by atoms with E-state index in [1.807, 2.05) is 20.8 Å². The number of carboxylic acids is 1. The number of carbonyl (C=O) groups is 2. The summed E-state index contributed by atoms with van der Waals surface area (Å²) < 4.78 is 5.25. The van der Waals surface area contributed by atoms with Gasteiger partial charge in [-0.15, -0.1) is 0 Å². The molecular formula is C15H27NO4. The molecular weight excluding hydrogens is 258 g/mol. The second-order valence-electron chi connectivity index (χ2n) is 6.62. The molecule has 0 aromatic rings. The predicted octanol–water partition coefficient (Wildman–Crippen LogP) is 2.34. The Labute approximate surface area is 121 Å². The molecule has 1 rings (SSSR count). The third-order valence-electron chi connectivity index (χ3n) is 3.57. The molecule has 0 unspecified atom stereocenters. The Morgan fingerprint density at radius 3 is 2.30 bits per heavy atom. The van der Waals surface area contributed by atoms with Gasteiger partial charge < -0.3 is 15.2 Å². The highest BCUT2D eigenvalue weighted by atomic mass is 16.6. The zero-order valence-corrected chi connectivity index (χ0v) is 12.8. The first-order valence-electron chi connectivity index (χ1n) is 7.43. The first kappa shape index (κ1) is 17.0. The van der Waals surface area contributed by atoms with E-state index in [-0.39, 0.29) is 18.9 Å². The zero-order valence-electron chi connectivity index (χ0n) is 12.8. The third kappa shape index (κ3) is 7.48. The van der Waals surface area contributed by atoms with E-state index >= 15 is 0 Å². The van der Waals surface area contributed by atoms with Crippen LogP contribution in [0.1, 0.15) is 59.3 Å². The molecule has 0 aliphatic heterocycles. The van der Waals surface area contributed by atoms with Gasteiger partial charge in [0.2, 0.25) is 0 Å². The standard InChI is InChI=1S/C15H27NO4/c1-15(2,3)20-14(19)10-16-12-7-4-11(5-8-12)6-9-13(17)18/h11-12,16H,4-10H2,1-3H3,(H,17,18)/t11-,12-. The lowest BCUT2D eigenvalue weighted by Gasteiger charge is -2.29. The van der Waals surface area contributed by atoms with Crippen LogP contribution in [-0.2, 0) is 14.3 Å². The average molecular weight is 285 g/mol. The van der Waals surface area contributed by atoms with Gasteiger partial charge in [-0.25, -0.2) is 0 Å². The minimum Gasteiger partial charge on any atom is -0.481 e. The van der Waals surface area contributed by atoms with Crippen molar-refractivity contribution in [1.29, 1.82) is 0 Å². The van der Waals surface area contributed by atoms with Gasteiger partial charge in [0.1, 0.15) is 5.60 Å². The highest BCUT2D eigenvalue weighted by Crippen LogP contribution is 2.27. The molecule has 0 aromatic heterocycles. The Bertz CT molecular complexity index is 327. The average Bonchev–Trinajstić information content (AvgIpc) is 2.33. The second kappa shape index (κ2) is 7.62. The topological polar surface area (TPSA) is 75.6 Å². The molecule has 5 heteroatoms. The quantitative estimate of drug-likeness (QED) is 0.733. The van der Waals surface area contributed by atoms with E-state index in [9.17, 15) is 9.59 Å². The molecule has 0 radical (unpaired) electrons. The molecule has 20 heavy (non-hydrogen) atoms. The maximum atomic E-state index is 11.6. The molecule has 1 aliphatic carbocycles. The zero-order chi connectivity index (χ0) is 15.2. The van der Waals surface area contributed by atoms with E-state index in [4.69, 9.17) is 9.84 Å². The third-order valence-corrected chi connectivity index (χ3v) is 3.57. The van der Waals surface area contributed by atoms with Crippen molar-refractivity contribution >= 4 is 11.9 Å². The molecule has 2 N–H and O–H groups in total. The van der Waals surface area contributed by atoms with Crippen LogP contribution in [0.15, 0.2) is 0 Å². The van der Waals surface area contributed by atoms with E-state index in [0.29, 0.717) is 12.0 Å². The highest BCUT2D eigenvalue weighted by Gasteiger charge is 2.23. The van der Waals surface area contributed by atoms with Gasteiger partial charge >= 0.3 is 11.9 Å². The molecule has 0 atom stereocenters. The van der Waals surface area contributed by atoms with E-state index < -0.39 is 11.6 Å². The highest BCUT2D eigenvalue weighted by molar-refractivity contribution is 5.72. The lowest BCUT2D eigenvalue weighted by molar-refractivity contribution is -0.153. The fourth-order valence-electron chi connectivity index (χ4n) is 2.59. The van der Waals surface area contributed by atoms with Crippen LogP contribution in [0, 0.1) is 5.92 Å². The van der Waals surface area contributed by atoms with Crippen LogP contribution >= 0.6 is 0 Å². The summed E-state index contributed by atoms with van der Waals surface area (Å²) in [5.41, 5.74) is -0.437. The number of aliphatic carboxylic acids is 1. The van der Waals surface area contributed by atoms with Crippen molar-refractivity contribution in [1.82, 2.24) is 5.32 Å². The first-order chi connectivity index (χ1) is 9.26. The number of carbonyl (C=O) groups excluding carboxylic acids is 1. The fourth-order valence-corrected chi connectivity index (χ4v) is 2.59. The second-order valence-corrected chi connectivity index (χ2v) is 6.62. The summed E-state index contributed by atoms with van der Waals surface area (Å²) >= 11 is 0. The van der Waals surface area contributed by atoms with Crippen LogP contribution < -0.4 is 5.32 Å². The maximum Gasteiger partial charge on any atom is 0.320 e. The monoisotopic (exact) mass is 285 g/mol. The molecule has 1 saturated carbocycles. The number of hydrogen-bond donors (Lipinski definition) is 2. The van der Waals surface area contributed by atoms with E-state index in [1.54, 1.807) is 0 Å². The van der Waals surface area contributed by atoms with E-state index in [0.717, 1.165) is 32.1 Å². The van der Waals surface area contributed by atoms with Crippen LogP contribution in [0.4, 0.5) is 0 Å². The molecule has 0 aromatic carbocycles. The smallest absolute Gasteiger partial charge is 0.320 e. The molecule has 116 valence electrons. The summed E-state index contributed by atoms with van der Waals surface area (Å²) in [6.07, 6.45) is 5.13. The van der Waals surface area contributed by atoms with Crippen molar-refractivity contribution in [3.05, 3.63) is 0 Å². The number of ether oxygens (including phenoxy) is 1. The van der Waals surface area contributed by atoms with Gasteiger partial charge in [0.05, 0.1) is 6.54 Å². The van der Waals surface area contributed by atoms with Crippen LogP contribution in [-0.4, -0.2) is 35.2 Å². The van der Waals surface area contributed by atoms with Crippen molar-refractivity contribution in [2.75, 3.05) is 6.54 Å². The minimum atomic E-state index is -0.713. The molecule has 1 fully saturated rings. The largest absolute Gasteiger partial charge is 0.481 e. The van der Waals surface area contributed by atoms with Crippen molar-refractivity contribution in [2.45, 2.75) is 70.9 Å². The molecule has 0 amide bonds. The summed E-state index contributed by atoms with van der Waals surface area (Å²) in [7, 11) is 0. The van der Waals surface area contributed by atoms with Crippen LogP contribution in [0.5, 0.6) is 0 Å². The summed E-state index contributed by atoms with van der Waals surface area (Å²) in [5, 5.41) is 11.9. The predicted molar refractivity (Wildman–Crippen MR) is 76.5 cm³/mol. The SMILES string of the molecule is CC(C)(C)OC(=O)CN[C@H]1CC[C@H](CCC(=O)O)CC1. The van der Waals surface area contributed by atoms with E-state index in [2.05, 4.69) is 5.32 Å². The Kier molecular flexibility index (Phi) is 6.46. The van der Waals surface area contributed by atoms with Gasteiger partial charge in [0.15, 0.2) is 0 Å². The lowest BCUT2D eigenvalue weighted by Crippen LogP contribution is -2.39. The van der Waals surface area contributed by atoms with Crippen LogP contribution in [0.2, 0.25) is 0 Å². The number of nitrogens with one attached hydrogen (secondary N) is 1. The summed E-state index contributed by atoms with van der Waals surface area (Å²) in [6, 6.07) is 0.351. The van der Waals surface area contributed by atoms with Gasteiger partial charge in [-0.1, -0.05) is 0 Å². The Hall–Kier alpha value is -1.10. The summed E-state index contributed by atoms with van der Waals surface area (Å²) in [4.78, 5) is 22.1. The Morgan fingerprint density at radius 1 is 1.20 bits per heavy atom. The maximum absolute atomic E-state index is 11.6. The molecule has 0 spiro atoms. The number of carboxylic acid groups (broad SMARTS) is 1. The summed E-state index contributed by atoms with van der Waals surface area (Å²) in [5.74, 6) is -0.411. The molecule has 0 bridgehead atoms. The van der Waals surface area contributed by atoms with Crippen LogP contribution in [0.3, 0.4) is 0 Å². The fraction of sp³-hybridized carbons (Fsp3) is 0.867. The van der Waals surface area contributed by atoms with Gasteiger partial charge in [0.25, 0.3) is 0 Å². The van der Waals surface area contributed by atoms with E-state index in [1.165, 1.54) is 0 Å². The van der Waals surface area contributed by atoms with Crippen molar-refractivity contribution in [3.63, 3.8) is 0 Å². The number of hydrogen-bond acceptors (Lipinski definition) is 4. The minimum absolute atomic E-state index is 0.217. The number of rotatable bonds is 6. The van der Waals surface area contributed by atoms with Gasteiger partial charge in [0, 0.05) is 12.5 Å². The van der Waals surface area contributed by atoms with Crippen molar-refractivity contribution in [2.24, 2.45) is 5.92 Å². The van der Waals surface area contributed by atoms with Gasteiger partial charge in [-0.2, -0.15) is 0 Å². The Morgan fingerprint density at radius 2 is 1.80 bits per heavy atom. The number of esters is 1. The summed E-state index contributed by atoms with van der Waals surface area (Å²) in [6.45, 7) is 5.83. The Balaban J connectivity index is 2.16. The molecule has 0 heterocycles. The lowest BCUT2D eigenvalue weighted by atomic mass is 9.83. The van der Waals surface area contributed by atoms with Gasteiger partial charge in [-0.05, 0) is 58.8 Å². The van der Waals surface area contributed by atoms with Gasteiger partial charge in [-0.3, -0.25) is 9.59 Å². The van der Waals surface area contributed by atoms with Crippen molar-refractivity contribution < 1.29 is 19.4 Å². The molecule has 1 aliphatic rings. The van der Waals surface area contributed by atoms with Crippen LogP contribution in [0.25, 0.3) is 0 Å². The molecule has 0 saturated heterocycles. The first-order valence-corrected chi connectivity index (χ1v) is 7.43.